The predicted octanol–water partition coefficient (Wildman–Crippen LogP) is 3.33. The van der Waals surface area contributed by atoms with Gasteiger partial charge in [-0.05, 0) is 44.4 Å². The summed E-state index contributed by atoms with van der Waals surface area (Å²) in [7, 11) is 0. The molecule has 0 saturated carbocycles. The Morgan fingerprint density at radius 2 is 1.65 bits per heavy atom. The number of hydrogen-bond acceptors (Lipinski definition) is 3. The first-order valence-electron chi connectivity index (χ1n) is 8.23. The van der Waals surface area contributed by atoms with Gasteiger partial charge in [0.25, 0.3) is 0 Å². The number of hydrogen-bond donors (Lipinski definition) is 0. The molecule has 2 atom stereocenters. The van der Waals surface area contributed by atoms with Crippen LogP contribution in [0.2, 0.25) is 0 Å². The summed E-state index contributed by atoms with van der Waals surface area (Å²) in [5, 5.41) is 0. The molecule has 2 rings (SSSR count). The lowest BCUT2D eigenvalue weighted by Crippen LogP contribution is -2.52. The van der Waals surface area contributed by atoms with Crippen molar-refractivity contribution in [1.82, 2.24) is 4.90 Å². The molecule has 2 saturated heterocycles. The number of morpholine rings is 1. The largest absolute Gasteiger partial charge is 0.379 e. The summed E-state index contributed by atoms with van der Waals surface area (Å²) in [6, 6.07) is 0. The van der Waals surface area contributed by atoms with Crippen LogP contribution in [0, 0.1) is 11.3 Å². The molecule has 0 radical (unpaired) electrons. The van der Waals surface area contributed by atoms with Gasteiger partial charge in [-0.25, -0.2) is 0 Å². The first kappa shape index (κ1) is 16.3. The maximum atomic E-state index is 6.07. The minimum Gasteiger partial charge on any atom is -0.379 e. The molecule has 0 aliphatic carbocycles. The van der Waals surface area contributed by atoms with Crippen molar-refractivity contribution in [2.75, 3.05) is 32.9 Å². The lowest BCUT2D eigenvalue weighted by molar-refractivity contribution is -0.0747. The highest BCUT2D eigenvalue weighted by Crippen LogP contribution is 2.38. The monoisotopic (exact) mass is 283 g/mol. The molecule has 2 aliphatic heterocycles. The minimum atomic E-state index is 0.216. The van der Waals surface area contributed by atoms with Gasteiger partial charge < -0.3 is 9.47 Å². The lowest BCUT2D eigenvalue weighted by atomic mass is 9.73. The van der Waals surface area contributed by atoms with Crippen LogP contribution in [0.4, 0.5) is 0 Å². The first-order chi connectivity index (χ1) is 9.29. The molecule has 0 N–H and O–H groups in total. The Morgan fingerprint density at radius 1 is 1.00 bits per heavy atom. The molecule has 20 heavy (non-hydrogen) atoms. The van der Waals surface area contributed by atoms with Gasteiger partial charge >= 0.3 is 0 Å². The normalized spacial score (nSPS) is 30.4. The summed E-state index contributed by atoms with van der Waals surface area (Å²) in [4.78, 5) is 2.57. The van der Waals surface area contributed by atoms with E-state index in [1.807, 2.05) is 0 Å². The van der Waals surface area contributed by atoms with E-state index in [0.717, 1.165) is 45.2 Å². The van der Waals surface area contributed by atoms with Crippen molar-refractivity contribution in [2.45, 2.75) is 65.5 Å². The molecule has 0 spiro atoms. The van der Waals surface area contributed by atoms with Gasteiger partial charge in [0.05, 0.1) is 19.3 Å². The fourth-order valence-corrected chi connectivity index (χ4v) is 3.66. The molecule has 118 valence electrons. The molecular weight excluding hydrogens is 250 g/mol. The molecule has 3 nitrogen and oxygen atoms in total. The van der Waals surface area contributed by atoms with E-state index in [-0.39, 0.29) is 5.54 Å². The van der Waals surface area contributed by atoms with Crippen LogP contribution < -0.4 is 0 Å². The fourth-order valence-electron chi connectivity index (χ4n) is 3.66. The van der Waals surface area contributed by atoms with Crippen LogP contribution in [-0.4, -0.2) is 49.5 Å². The standard InChI is InChI=1S/C17H33NO2/c1-16(2,3)14-6-9-20-15(12-14)13-17(4,5)18-7-10-19-11-8-18/h14-15H,6-13H2,1-5H3. The highest BCUT2D eigenvalue weighted by atomic mass is 16.5. The van der Waals surface area contributed by atoms with Crippen LogP contribution in [0.5, 0.6) is 0 Å². The maximum absolute atomic E-state index is 6.07. The summed E-state index contributed by atoms with van der Waals surface area (Å²) in [6.07, 6.45) is 4.00. The van der Waals surface area contributed by atoms with Crippen molar-refractivity contribution < 1.29 is 9.47 Å². The molecule has 0 amide bonds. The summed E-state index contributed by atoms with van der Waals surface area (Å²) in [5.41, 5.74) is 0.624. The molecule has 0 aromatic rings. The summed E-state index contributed by atoms with van der Waals surface area (Å²) in [5.74, 6) is 0.793. The third kappa shape index (κ3) is 4.19. The second-order valence-corrected chi connectivity index (χ2v) is 8.20. The average molecular weight is 283 g/mol. The second-order valence-electron chi connectivity index (χ2n) is 8.20. The molecule has 0 aromatic heterocycles. The van der Waals surface area contributed by atoms with Crippen LogP contribution in [0.15, 0.2) is 0 Å². The topological polar surface area (TPSA) is 21.7 Å². The van der Waals surface area contributed by atoms with Crippen molar-refractivity contribution in [3.05, 3.63) is 0 Å². The molecule has 0 aromatic carbocycles. The van der Waals surface area contributed by atoms with Crippen molar-refractivity contribution in [2.24, 2.45) is 11.3 Å². The Bertz CT molecular complexity index is 303. The average Bonchev–Trinajstić information content (AvgIpc) is 2.38. The molecule has 2 heterocycles. The second kappa shape index (κ2) is 6.33. The van der Waals surface area contributed by atoms with E-state index in [1.54, 1.807) is 0 Å². The van der Waals surface area contributed by atoms with Gasteiger partial charge in [0.1, 0.15) is 0 Å². The highest BCUT2D eigenvalue weighted by Gasteiger charge is 2.36. The van der Waals surface area contributed by atoms with Gasteiger partial charge in [-0.3, -0.25) is 4.90 Å². The van der Waals surface area contributed by atoms with Crippen LogP contribution in [0.1, 0.15) is 53.9 Å². The number of ether oxygens (including phenoxy) is 2. The SMILES string of the molecule is CC(C)(C)C1CCOC(CC(C)(C)N2CCOCC2)C1. The Labute approximate surface area is 125 Å². The summed E-state index contributed by atoms with van der Waals surface area (Å²) < 4.78 is 11.5. The highest BCUT2D eigenvalue weighted by molar-refractivity contribution is 4.89. The van der Waals surface area contributed by atoms with E-state index in [1.165, 1.54) is 12.8 Å². The molecule has 2 aliphatic rings. The van der Waals surface area contributed by atoms with Crippen LogP contribution in [-0.2, 0) is 9.47 Å². The maximum Gasteiger partial charge on any atom is 0.0595 e. The van der Waals surface area contributed by atoms with Gasteiger partial charge in [-0.15, -0.1) is 0 Å². The summed E-state index contributed by atoms with van der Waals surface area (Å²) >= 11 is 0. The van der Waals surface area contributed by atoms with Crippen molar-refractivity contribution in [3.63, 3.8) is 0 Å². The Balaban J connectivity index is 1.91. The van der Waals surface area contributed by atoms with Gasteiger partial charge in [0.15, 0.2) is 0 Å². The number of nitrogens with zero attached hydrogens (tertiary/aromatic N) is 1. The third-order valence-corrected chi connectivity index (χ3v) is 5.19. The van der Waals surface area contributed by atoms with E-state index in [2.05, 4.69) is 39.5 Å². The predicted molar refractivity (Wildman–Crippen MR) is 83.0 cm³/mol. The molecule has 0 bridgehead atoms. The number of rotatable bonds is 3. The fraction of sp³-hybridized carbons (Fsp3) is 1.00. The first-order valence-corrected chi connectivity index (χ1v) is 8.23. The lowest BCUT2D eigenvalue weighted by Gasteiger charge is -2.45. The van der Waals surface area contributed by atoms with E-state index in [9.17, 15) is 0 Å². The van der Waals surface area contributed by atoms with Gasteiger partial charge in [-0.1, -0.05) is 20.8 Å². The minimum absolute atomic E-state index is 0.216. The Hall–Kier alpha value is -0.120. The van der Waals surface area contributed by atoms with Crippen LogP contribution in [0.3, 0.4) is 0 Å². The third-order valence-electron chi connectivity index (χ3n) is 5.19. The molecule has 2 unspecified atom stereocenters. The zero-order valence-electron chi connectivity index (χ0n) is 14.1. The van der Waals surface area contributed by atoms with E-state index >= 15 is 0 Å². The van der Waals surface area contributed by atoms with E-state index in [4.69, 9.17) is 9.47 Å². The zero-order valence-corrected chi connectivity index (χ0v) is 14.1. The molecule has 3 heteroatoms. The molecule has 2 fully saturated rings. The smallest absolute Gasteiger partial charge is 0.0595 e. The Kier molecular flexibility index (Phi) is 5.14. The van der Waals surface area contributed by atoms with Crippen LogP contribution in [0.25, 0.3) is 0 Å². The quantitative estimate of drug-likeness (QED) is 0.793. The van der Waals surface area contributed by atoms with Gasteiger partial charge in [0, 0.05) is 25.2 Å². The zero-order chi connectivity index (χ0) is 14.8. The van der Waals surface area contributed by atoms with Crippen molar-refractivity contribution in [1.29, 1.82) is 0 Å². The molecular formula is C17H33NO2. The van der Waals surface area contributed by atoms with Gasteiger partial charge in [-0.2, -0.15) is 0 Å². The van der Waals surface area contributed by atoms with Crippen molar-refractivity contribution in [3.8, 4) is 0 Å². The summed E-state index contributed by atoms with van der Waals surface area (Å²) in [6.45, 7) is 16.6. The van der Waals surface area contributed by atoms with E-state index < -0.39 is 0 Å². The Morgan fingerprint density at radius 3 is 2.25 bits per heavy atom. The van der Waals surface area contributed by atoms with E-state index in [0.29, 0.717) is 11.5 Å². The van der Waals surface area contributed by atoms with Crippen LogP contribution >= 0.6 is 0 Å². The van der Waals surface area contributed by atoms with Gasteiger partial charge in [0.2, 0.25) is 0 Å². The van der Waals surface area contributed by atoms with Crippen molar-refractivity contribution >= 4 is 0 Å².